The van der Waals surface area contributed by atoms with Crippen LogP contribution < -0.4 is 5.32 Å². The highest BCUT2D eigenvalue weighted by Crippen LogP contribution is 2.17. The van der Waals surface area contributed by atoms with Crippen molar-refractivity contribution in [3.63, 3.8) is 0 Å². The van der Waals surface area contributed by atoms with Crippen molar-refractivity contribution >= 4 is 18.1 Å². The first kappa shape index (κ1) is 17.8. The Morgan fingerprint density at radius 1 is 1.29 bits per heavy atom. The highest BCUT2D eigenvalue weighted by Gasteiger charge is 2.37. The van der Waals surface area contributed by atoms with Crippen LogP contribution in [0.2, 0.25) is 0 Å². The number of nitrogens with zero attached hydrogens (tertiary/aromatic N) is 1. The lowest BCUT2D eigenvalue weighted by molar-refractivity contribution is -0.128. The van der Waals surface area contributed by atoms with Gasteiger partial charge in [-0.1, -0.05) is 30.3 Å². The van der Waals surface area contributed by atoms with Crippen LogP contribution in [-0.4, -0.2) is 47.8 Å². The van der Waals surface area contributed by atoms with E-state index >= 15 is 0 Å². The molecule has 2 rings (SSSR count). The first-order chi connectivity index (χ1) is 11.3. The van der Waals surface area contributed by atoms with Crippen LogP contribution in [0.1, 0.15) is 26.3 Å². The van der Waals surface area contributed by atoms with Gasteiger partial charge < -0.3 is 14.8 Å². The minimum absolute atomic E-state index is 0.145. The highest BCUT2D eigenvalue weighted by atomic mass is 16.6. The van der Waals surface area contributed by atoms with Crippen molar-refractivity contribution in [3.05, 3.63) is 35.9 Å². The molecule has 1 aliphatic heterocycles. The van der Waals surface area contributed by atoms with Gasteiger partial charge in [-0.15, -0.1) is 0 Å². The Bertz CT molecular complexity index is 609. The van der Waals surface area contributed by atoms with E-state index in [-0.39, 0.29) is 19.2 Å². The summed E-state index contributed by atoms with van der Waals surface area (Å²) in [6.07, 6.45) is -0.889. The van der Waals surface area contributed by atoms with Crippen LogP contribution in [0.25, 0.3) is 0 Å². The van der Waals surface area contributed by atoms with Gasteiger partial charge in [0.05, 0.1) is 6.04 Å². The molecular weight excluding hydrogens is 312 g/mol. The Labute approximate surface area is 140 Å². The predicted octanol–water partition coefficient (Wildman–Crippen LogP) is 2.10. The second kappa shape index (κ2) is 7.33. The molecule has 7 nitrogen and oxygen atoms in total. The Kier molecular flexibility index (Phi) is 5.43. The standard InChI is InChI=1S/C17H22N2O5/c1-17(2,3)24-15(21)18-10-14(20)19-13(11-23-16(19)22)9-12-7-5-4-6-8-12/h4-8,13H,9-11H2,1-3H3,(H,18,21). The number of rotatable bonds is 4. The first-order valence-corrected chi connectivity index (χ1v) is 7.76. The van der Waals surface area contributed by atoms with Crippen LogP contribution in [0, 0.1) is 0 Å². The summed E-state index contributed by atoms with van der Waals surface area (Å²) >= 11 is 0. The number of alkyl carbamates (subject to hydrolysis) is 1. The second-order valence-corrected chi connectivity index (χ2v) is 6.54. The van der Waals surface area contributed by atoms with Crippen LogP contribution in [0.15, 0.2) is 30.3 Å². The van der Waals surface area contributed by atoms with Gasteiger partial charge in [0.15, 0.2) is 0 Å². The number of hydrogen-bond donors (Lipinski definition) is 1. The molecule has 7 heteroatoms. The molecule has 1 aliphatic rings. The van der Waals surface area contributed by atoms with Gasteiger partial charge >= 0.3 is 12.2 Å². The molecule has 0 spiro atoms. The summed E-state index contributed by atoms with van der Waals surface area (Å²) < 4.78 is 10.0. The van der Waals surface area contributed by atoms with E-state index in [1.54, 1.807) is 20.8 Å². The van der Waals surface area contributed by atoms with Gasteiger partial charge in [0.25, 0.3) is 5.91 Å². The fraction of sp³-hybridized carbons (Fsp3) is 0.471. The molecule has 1 fully saturated rings. The zero-order valence-corrected chi connectivity index (χ0v) is 14.1. The monoisotopic (exact) mass is 334 g/mol. The predicted molar refractivity (Wildman–Crippen MR) is 86.4 cm³/mol. The second-order valence-electron chi connectivity index (χ2n) is 6.54. The Hall–Kier alpha value is -2.57. The molecule has 0 aromatic heterocycles. The Morgan fingerprint density at radius 3 is 2.58 bits per heavy atom. The molecule has 1 atom stereocenters. The van der Waals surface area contributed by atoms with E-state index in [1.807, 2.05) is 30.3 Å². The Balaban J connectivity index is 1.93. The van der Waals surface area contributed by atoms with Gasteiger partial charge in [0.1, 0.15) is 18.8 Å². The van der Waals surface area contributed by atoms with E-state index in [0.717, 1.165) is 10.5 Å². The summed E-state index contributed by atoms with van der Waals surface area (Å²) in [6.45, 7) is 4.99. The molecule has 0 aliphatic carbocycles. The van der Waals surface area contributed by atoms with E-state index in [4.69, 9.17) is 9.47 Å². The molecule has 3 amide bonds. The first-order valence-electron chi connectivity index (χ1n) is 7.76. The number of imide groups is 1. The van der Waals surface area contributed by atoms with Crippen LogP contribution in [0.5, 0.6) is 0 Å². The smallest absolute Gasteiger partial charge is 0.417 e. The van der Waals surface area contributed by atoms with Crippen molar-refractivity contribution < 1.29 is 23.9 Å². The van der Waals surface area contributed by atoms with Crippen LogP contribution in [0.3, 0.4) is 0 Å². The van der Waals surface area contributed by atoms with E-state index < -0.39 is 23.7 Å². The molecule has 1 saturated heterocycles. The lowest BCUT2D eigenvalue weighted by Gasteiger charge is -2.22. The van der Waals surface area contributed by atoms with E-state index in [1.165, 1.54) is 0 Å². The molecule has 1 heterocycles. The number of benzene rings is 1. The van der Waals surface area contributed by atoms with E-state index in [0.29, 0.717) is 6.42 Å². The number of carbonyl (C=O) groups excluding carboxylic acids is 3. The number of cyclic esters (lactones) is 1. The molecule has 0 bridgehead atoms. The summed E-state index contributed by atoms with van der Waals surface area (Å²) in [5.74, 6) is -0.524. The lowest BCUT2D eigenvalue weighted by Crippen LogP contribution is -2.46. The summed E-state index contributed by atoms with van der Waals surface area (Å²) in [7, 11) is 0. The van der Waals surface area contributed by atoms with Crippen LogP contribution >= 0.6 is 0 Å². The van der Waals surface area contributed by atoms with Crippen molar-refractivity contribution in [1.29, 1.82) is 0 Å². The number of hydrogen-bond acceptors (Lipinski definition) is 5. The maximum atomic E-state index is 12.3. The van der Waals surface area contributed by atoms with Crippen molar-refractivity contribution in [3.8, 4) is 0 Å². The summed E-state index contributed by atoms with van der Waals surface area (Å²) in [6, 6.07) is 9.14. The normalized spacial score (nSPS) is 17.4. The van der Waals surface area contributed by atoms with Crippen molar-refractivity contribution in [2.45, 2.75) is 38.8 Å². The van der Waals surface area contributed by atoms with Crippen LogP contribution in [0.4, 0.5) is 9.59 Å². The molecule has 1 N–H and O–H groups in total. The zero-order valence-electron chi connectivity index (χ0n) is 14.1. The topological polar surface area (TPSA) is 84.9 Å². The number of nitrogens with one attached hydrogen (secondary N) is 1. The van der Waals surface area contributed by atoms with Crippen LogP contribution in [-0.2, 0) is 20.7 Å². The number of ether oxygens (including phenoxy) is 2. The minimum atomic E-state index is -0.706. The third-order valence-corrected chi connectivity index (χ3v) is 3.33. The average molecular weight is 334 g/mol. The largest absolute Gasteiger partial charge is 0.447 e. The van der Waals surface area contributed by atoms with Gasteiger partial charge in [-0.3, -0.25) is 4.79 Å². The lowest BCUT2D eigenvalue weighted by atomic mass is 10.1. The molecule has 1 aromatic carbocycles. The Morgan fingerprint density at radius 2 is 1.96 bits per heavy atom. The fourth-order valence-corrected chi connectivity index (χ4v) is 2.35. The van der Waals surface area contributed by atoms with Gasteiger partial charge in [-0.2, -0.15) is 0 Å². The molecule has 1 unspecified atom stereocenters. The molecule has 0 saturated carbocycles. The minimum Gasteiger partial charge on any atom is -0.447 e. The number of carbonyl (C=O) groups is 3. The summed E-state index contributed by atoms with van der Waals surface area (Å²) in [4.78, 5) is 36.8. The van der Waals surface area contributed by atoms with Gasteiger partial charge in [-0.25, -0.2) is 14.5 Å². The summed E-state index contributed by atoms with van der Waals surface area (Å²) in [5.41, 5.74) is 0.342. The van der Waals surface area contributed by atoms with Crippen molar-refractivity contribution in [2.24, 2.45) is 0 Å². The maximum absolute atomic E-state index is 12.3. The summed E-state index contributed by atoms with van der Waals surface area (Å²) in [5, 5.41) is 2.36. The maximum Gasteiger partial charge on any atom is 0.417 e. The molecule has 24 heavy (non-hydrogen) atoms. The van der Waals surface area contributed by atoms with Gasteiger partial charge in [-0.05, 0) is 32.8 Å². The van der Waals surface area contributed by atoms with Gasteiger partial charge in [0, 0.05) is 0 Å². The SMILES string of the molecule is CC(C)(C)OC(=O)NCC(=O)N1C(=O)OCC1Cc1ccccc1. The van der Waals surface area contributed by atoms with Gasteiger partial charge in [0.2, 0.25) is 0 Å². The molecule has 1 aromatic rings. The third-order valence-electron chi connectivity index (χ3n) is 3.33. The highest BCUT2D eigenvalue weighted by molar-refractivity contribution is 5.95. The molecular formula is C17H22N2O5. The van der Waals surface area contributed by atoms with Crippen molar-refractivity contribution in [1.82, 2.24) is 10.2 Å². The third kappa shape index (κ3) is 4.97. The molecule has 0 radical (unpaired) electrons. The molecule has 130 valence electrons. The zero-order chi connectivity index (χ0) is 17.7. The average Bonchev–Trinajstić information content (AvgIpc) is 2.85. The van der Waals surface area contributed by atoms with E-state index in [9.17, 15) is 14.4 Å². The fourth-order valence-electron chi connectivity index (χ4n) is 2.35. The van der Waals surface area contributed by atoms with E-state index in [2.05, 4.69) is 5.32 Å². The van der Waals surface area contributed by atoms with Crippen molar-refractivity contribution in [2.75, 3.05) is 13.2 Å². The number of amides is 3. The quantitative estimate of drug-likeness (QED) is 0.911.